The molecule has 0 spiro atoms. The zero-order chi connectivity index (χ0) is 27.1. The molecule has 1 aliphatic carbocycles. The maximum atomic E-state index is 6.30. The third-order valence-electron chi connectivity index (χ3n) is 8.94. The van der Waals surface area contributed by atoms with Gasteiger partial charge >= 0.3 is 0 Å². The van der Waals surface area contributed by atoms with Crippen LogP contribution in [-0.4, -0.2) is 25.2 Å². The molecule has 1 aliphatic heterocycles. The number of aromatic nitrogens is 3. The van der Waals surface area contributed by atoms with Crippen molar-refractivity contribution in [2.75, 3.05) is 5.32 Å². The summed E-state index contributed by atoms with van der Waals surface area (Å²) < 4.78 is 4.56. The third kappa shape index (κ3) is 5.09. The number of aryl methyl sites for hydroxylation is 3. The van der Waals surface area contributed by atoms with E-state index >= 15 is 0 Å². The van der Waals surface area contributed by atoms with Gasteiger partial charge in [-0.3, -0.25) is 0 Å². The number of hydrogen-bond donors (Lipinski definition) is 2. The van der Waals surface area contributed by atoms with E-state index < -0.39 is 0 Å². The first-order valence-electron chi connectivity index (χ1n) is 14.4. The van der Waals surface area contributed by atoms with Gasteiger partial charge in [0.15, 0.2) is 5.82 Å². The Bertz CT molecular complexity index is 1480. The van der Waals surface area contributed by atoms with Crippen LogP contribution in [0.4, 0.5) is 5.69 Å². The van der Waals surface area contributed by atoms with E-state index in [1.165, 1.54) is 35.2 Å². The van der Waals surface area contributed by atoms with Gasteiger partial charge in [-0.15, -0.1) is 0 Å². The second kappa shape index (κ2) is 11.0. The monoisotopic (exact) mass is 559 g/mol. The maximum Gasteiger partial charge on any atom is 0.150 e. The number of nitrogens with zero attached hydrogens (tertiary/aromatic N) is 3. The van der Waals surface area contributed by atoms with Crippen LogP contribution in [0.15, 0.2) is 48.5 Å². The highest BCUT2D eigenvalue weighted by Gasteiger charge is 2.32. The van der Waals surface area contributed by atoms with Crippen molar-refractivity contribution in [3.8, 4) is 11.1 Å². The van der Waals surface area contributed by atoms with Crippen LogP contribution >= 0.6 is 23.8 Å². The Morgan fingerprint density at radius 2 is 1.79 bits per heavy atom. The van der Waals surface area contributed by atoms with E-state index in [9.17, 15) is 0 Å². The van der Waals surface area contributed by atoms with Crippen molar-refractivity contribution in [1.82, 2.24) is 19.5 Å². The Hall–Kier alpha value is -2.83. The van der Waals surface area contributed by atoms with Gasteiger partial charge in [0.2, 0.25) is 0 Å². The molecule has 2 aromatic carbocycles. The zero-order valence-electron chi connectivity index (χ0n) is 23.1. The first-order chi connectivity index (χ1) is 18.9. The summed E-state index contributed by atoms with van der Waals surface area (Å²) >= 11 is 12.5. The van der Waals surface area contributed by atoms with Crippen LogP contribution in [-0.2, 0) is 19.5 Å². The highest BCUT2D eigenvalue weighted by atomic mass is 35.5. The molecule has 0 saturated heterocycles. The van der Waals surface area contributed by atoms with Gasteiger partial charge in [-0.1, -0.05) is 80.3 Å². The van der Waals surface area contributed by atoms with Crippen LogP contribution in [0.25, 0.3) is 16.8 Å². The Morgan fingerprint density at radius 1 is 1.03 bits per heavy atom. The predicted molar refractivity (Wildman–Crippen MR) is 166 cm³/mol. The minimum atomic E-state index is 0.381. The summed E-state index contributed by atoms with van der Waals surface area (Å²) in [5, 5.41) is 13.4. The highest BCUT2D eigenvalue weighted by molar-refractivity contribution is 7.80. The Kier molecular flexibility index (Phi) is 7.43. The molecule has 5 nitrogen and oxygen atoms in total. The minimum absolute atomic E-state index is 0.381. The number of benzene rings is 2. The van der Waals surface area contributed by atoms with Crippen molar-refractivity contribution in [3.63, 3.8) is 0 Å². The smallest absolute Gasteiger partial charge is 0.150 e. The van der Waals surface area contributed by atoms with Crippen molar-refractivity contribution in [3.05, 3.63) is 76.2 Å². The van der Waals surface area contributed by atoms with Gasteiger partial charge in [-0.25, -0.2) is 4.52 Å². The molecule has 0 radical (unpaired) electrons. The van der Waals surface area contributed by atoms with Crippen LogP contribution in [0.2, 0.25) is 5.02 Å². The summed E-state index contributed by atoms with van der Waals surface area (Å²) in [5.41, 5.74) is 8.26. The molecule has 4 aromatic rings. The average Bonchev–Trinajstić information content (AvgIpc) is 3.33. The molecule has 0 bridgehead atoms. The van der Waals surface area contributed by atoms with Gasteiger partial charge in [0.05, 0.1) is 6.54 Å². The van der Waals surface area contributed by atoms with E-state index in [-0.39, 0.29) is 0 Å². The van der Waals surface area contributed by atoms with Gasteiger partial charge in [0.1, 0.15) is 16.3 Å². The number of thiocarbonyl (C=S) groups is 1. The van der Waals surface area contributed by atoms with E-state index in [1.807, 2.05) is 12.1 Å². The number of hydrogen-bond acceptors (Lipinski definition) is 3. The first kappa shape index (κ1) is 26.4. The number of halogens is 1. The molecule has 2 aromatic heterocycles. The van der Waals surface area contributed by atoms with Gasteiger partial charge in [-0.2, -0.15) is 5.10 Å². The van der Waals surface area contributed by atoms with E-state index in [0.29, 0.717) is 24.4 Å². The number of rotatable bonds is 6. The van der Waals surface area contributed by atoms with Crippen molar-refractivity contribution in [1.29, 1.82) is 0 Å². The van der Waals surface area contributed by atoms with Crippen molar-refractivity contribution < 1.29 is 0 Å². The molecular formula is C32H38ClN5S. The highest BCUT2D eigenvalue weighted by Crippen LogP contribution is 2.38. The summed E-state index contributed by atoms with van der Waals surface area (Å²) in [5.74, 6) is 2.32. The standard InChI is InChI=1S/C32H38ClN5S/c1-20-10-16-25(17-11-20)34-19-28-36-38-30(31(39)35-27-9-6-7-21(2)22(27)3)29(23-12-14-24(33)15-13-23)26-8-4-5-18-37(28)32(26)38/h10-17,21-22,27,34H,4-9,18-19H2,1-3H3,(H,35,39)/t21-,22-,27+/m0/s1. The predicted octanol–water partition coefficient (Wildman–Crippen LogP) is 7.80. The zero-order valence-corrected chi connectivity index (χ0v) is 24.7. The Morgan fingerprint density at radius 3 is 2.56 bits per heavy atom. The largest absolute Gasteiger partial charge is 0.378 e. The Labute approximate surface area is 241 Å². The second-order valence-electron chi connectivity index (χ2n) is 11.5. The summed E-state index contributed by atoms with van der Waals surface area (Å²) in [6.07, 6.45) is 6.98. The molecule has 0 unspecified atom stereocenters. The fourth-order valence-corrected chi connectivity index (χ4v) is 6.91. The van der Waals surface area contributed by atoms with E-state index in [1.54, 1.807) is 0 Å². The van der Waals surface area contributed by atoms with Crippen molar-refractivity contribution >= 4 is 40.1 Å². The molecule has 2 aliphatic rings. The fourth-order valence-electron chi connectivity index (χ4n) is 6.45. The summed E-state index contributed by atoms with van der Waals surface area (Å²) in [6, 6.07) is 17.1. The fraction of sp³-hybridized carbons (Fsp3) is 0.438. The third-order valence-corrected chi connectivity index (χ3v) is 9.50. The van der Waals surface area contributed by atoms with Crippen molar-refractivity contribution in [2.24, 2.45) is 11.8 Å². The quantitative estimate of drug-likeness (QED) is 0.237. The first-order valence-corrected chi connectivity index (χ1v) is 15.2. The molecule has 3 atom stereocenters. The van der Waals surface area contributed by atoms with Crippen LogP contribution < -0.4 is 10.6 Å². The topological polar surface area (TPSA) is 46.3 Å². The number of nitrogens with one attached hydrogen (secondary N) is 2. The summed E-state index contributed by atoms with van der Waals surface area (Å²) in [6.45, 7) is 8.47. The average molecular weight is 560 g/mol. The lowest BCUT2D eigenvalue weighted by Crippen LogP contribution is -2.43. The maximum absolute atomic E-state index is 6.30. The van der Waals surface area contributed by atoms with Gasteiger partial charge in [0.25, 0.3) is 0 Å². The van der Waals surface area contributed by atoms with Crippen molar-refractivity contribution in [2.45, 2.75) is 78.4 Å². The van der Waals surface area contributed by atoms with E-state index in [0.717, 1.165) is 65.0 Å². The van der Waals surface area contributed by atoms with E-state index in [4.69, 9.17) is 28.9 Å². The molecule has 39 heavy (non-hydrogen) atoms. The van der Waals surface area contributed by atoms with Crippen LogP contribution in [0.5, 0.6) is 0 Å². The molecule has 2 N–H and O–H groups in total. The van der Waals surface area contributed by atoms with Gasteiger partial charge in [0, 0.05) is 34.4 Å². The molecule has 6 rings (SSSR count). The normalized spacial score (nSPS) is 21.1. The lowest BCUT2D eigenvalue weighted by atomic mass is 9.78. The molecule has 1 saturated carbocycles. The molecule has 204 valence electrons. The lowest BCUT2D eigenvalue weighted by molar-refractivity contribution is 0.225. The molecular weight excluding hydrogens is 522 g/mol. The second-order valence-corrected chi connectivity index (χ2v) is 12.4. The summed E-state index contributed by atoms with van der Waals surface area (Å²) in [7, 11) is 0. The SMILES string of the molecule is Cc1ccc(NCc2nn3c(C(=S)N[C@@H]4CCC[C@H](C)[C@@H]4C)c(-c4ccc(Cl)cc4)c4c3n2CCCC4)cc1. The van der Waals surface area contributed by atoms with E-state index in [2.05, 4.69) is 76.9 Å². The molecule has 1 fully saturated rings. The Balaban J connectivity index is 1.45. The van der Waals surface area contributed by atoms with Gasteiger partial charge < -0.3 is 15.2 Å². The molecule has 3 heterocycles. The lowest BCUT2D eigenvalue weighted by Gasteiger charge is -2.35. The van der Waals surface area contributed by atoms with Crippen LogP contribution in [0.1, 0.15) is 68.6 Å². The molecule has 0 amide bonds. The van der Waals surface area contributed by atoms with Crippen LogP contribution in [0.3, 0.4) is 0 Å². The number of anilines is 1. The van der Waals surface area contributed by atoms with Crippen LogP contribution in [0, 0.1) is 18.8 Å². The van der Waals surface area contributed by atoms with Gasteiger partial charge in [-0.05, 0) is 74.3 Å². The minimum Gasteiger partial charge on any atom is -0.378 e. The molecule has 7 heteroatoms. The summed E-state index contributed by atoms with van der Waals surface area (Å²) in [4.78, 5) is 0.801.